The highest BCUT2D eigenvalue weighted by Crippen LogP contribution is 2.36. The number of aromatic nitrogens is 10. The maximum Gasteiger partial charge on any atom is 0.405 e. The Bertz CT molecular complexity index is 2980. The van der Waals surface area contributed by atoms with Crippen LogP contribution in [0.2, 0.25) is 0 Å². The number of carbonyl (C=O) groups is 1. The Labute approximate surface area is 350 Å². The van der Waals surface area contributed by atoms with Crippen molar-refractivity contribution in [3.05, 3.63) is 106 Å². The minimum atomic E-state index is -4.75. The predicted octanol–water partition coefficient (Wildman–Crippen LogP) is 7.64. The number of H-pyrrole nitrogens is 2. The number of hydrogen-bond donors (Lipinski definition) is 6. The molecule has 4 heterocycles. The molecule has 23 heteroatoms. The van der Waals surface area contributed by atoms with Crippen LogP contribution in [0.1, 0.15) is 32.6 Å². The van der Waals surface area contributed by atoms with Gasteiger partial charge in [0.25, 0.3) is 5.91 Å². The number of nitrogens with zero attached hydrogens (tertiary/aromatic N) is 8. The number of alkyl halides is 6. The van der Waals surface area contributed by atoms with E-state index >= 15 is 8.78 Å². The predicted molar refractivity (Wildman–Crippen MR) is 215 cm³/mol. The molecule has 6 N–H and O–H groups in total. The van der Waals surface area contributed by atoms with Gasteiger partial charge in [-0.2, -0.15) is 46.5 Å². The maximum absolute atomic E-state index is 15.3. The number of halogens is 8. The Morgan fingerprint density at radius 2 is 1.40 bits per heavy atom. The van der Waals surface area contributed by atoms with Crippen LogP contribution in [0, 0.1) is 18.6 Å². The van der Waals surface area contributed by atoms with Crippen molar-refractivity contribution >= 4 is 51.0 Å². The number of benzene rings is 4. The molecule has 1 amide bonds. The van der Waals surface area contributed by atoms with Crippen LogP contribution >= 0.6 is 0 Å². The molecule has 63 heavy (non-hydrogen) atoms. The van der Waals surface area contributed by atoms with Crippen LogP contribution in [0.25, 0.3) is 44.6 Å². The Balaban J connectivity index is 1.06. The van der Waals surface area contributed by atoms with E-state index in [1.807, 2.05) is 25.1 Å². The summed E-state index contributed by atoms with van der Waals surface area (Å²) < 4.78 is 109. The van der Waals surface area contributed by atoms with Crippen molar-refractivity contribution in [1.82, 2.24) is 60.6 Å². The first-order chi connectivity index (χ1) is 29.9. The average Bonchev–Trinajstić information content (AvgIpc) is 4.05. The molecule has 0 fully saturated rings. The minimum Gasteiger partial charge on any atom is -0.343 e. The van der Waals surface area contributed by atoms with Crippen molar-refractivity contribution in [2.75, 3.05) is 23.7 Å². The van der Waals surface area contributed by atoms with Crippen LogP contribution in [0.3, 0.4) is 0 Å². The summed E-state index contributed by atoms with van der Waals surface area (Å²) >= 11 is 0. The van der Waals surface area contributed by atoms with Crippen LogP contribution in [0.5, 0.6) is 0 Å². The molecule has 0 aliphatic carbocycles. The molecule has 8 aromatic rings. The summed E-state index contributed by atoms with van der Waals surface area (Å²) in [4.78, 5) is 21.3. The van der Waals surface area contributed by atoms with Crippen molar-refractivity contribution < 1.29 is 39.9 Å². The van der Waals surface area contributed by atoms with E-state index in [2.05, 4.69) is 51.5 Å². The number of fused-ring (bicyclic) bond motifs is 2. The van der Waals surface area contributed by atoms with E-state index in [1.165, 1.54) is 17.0 Å². The number of rotatable bonds is 13. The smallest absolute Gasteiger partial charge is 0.343 e. The van der Waals surface area contributed by atoms with Crippen LogP contribution in [-0.4, -0.2) is 81.3 Å². The van der Waals surface area contributed by atoms with E-state index in [-0.39, 0.29) is 18.3 Å². The van der Waals surface area contributed by atoms with Gasteiger partial charge in [0.05, 0.1) is 41.1 Å². The highest BCUT2D eigenvalue weighted by molar-refractivity contribution is 5.95. The third-order valence-corrected chi connectivity index (χ3v) is 10.1. The second-order valence-corrected chi connectivity index (χ2v) is 14.5. The van der Waals surface area contributed by atoms with Crippen LogP contribution in [-0.2, 0) is 27.1 Å². The first-order valence-electron chi connectivity index (χ1n) is 18.9. The van der Waals surface area contributed by atoms with Gasteiger partial charge in [-0.15, -0.1) is 10.2 Å². The standard InChI is InChI=1S/C40H34F8N14O/c1-19-26-15-52-58-33(26)22(13-30(19)54-38-56-35(60-62(38)3)23-8-9-24(32(42)31(23)41)36(63)50-18-40(46,47)48)12-25-27-16-51-57-29(27)11-10-28(25)53-37-55-34(59-61(37)2)21-6-4-20(5-7-21)14-49-17-39(43,44)45/h4-11,13,15-16,49H,12,14,17-18H2,1-3H3,(H,50,63)(H,51,57)(H,52,58)(H,53,55,59)(H,54,56,60). The molecule has 0 aliphatic heterocycles. The third-order valence-electron chi connectivity index (χ3n) is 10.1. The molecular weight excluding hydrogens is 845 g/mol. The second-order valence-electron chi connectivity index (χ2n) is 14.5. The van der Waals surface area contributed by atoms with Crippen molar-refractivity contribution in [3.8, 4) is 22.8 Å². The Kier molecular flexibility index (Phi) is 11.0. The van der Waals surface area contributed by atoms with Crippen LogP contribution in [0.4, 0.5) is 58.4 Å². The summed E-state index contributed by atoms with van der Waals surface area (Å²) in [6.45, 7) is -0.932. The number of aromatic amines is 2. The van der Waals surface area contributed by atoms with Gasteiger partial charge >= 0.3 is 12.4 Å². The summed E-state index contributed by atoms with van der Waals surface area (Å²) in [5.74, 6) is -3.97. The number of hydrogen-bond acceptors (Lipinski definition) is 10. The zero-order valence-electron chi connectivity index (χ0n) is 33.2. The molecular formula is C40H34F8N14O. The molecule has 15 nitrogen and oxygen atoms in total. The van der Waals surface area contributed by atoms with Gasteiger partial charge in [0, 0.05) is 54.8 Å². The fourth-order valence-electron chi connectivity index (χ4n) is 6.92. The molecule has 4 aromatic heterocycles. The van der Waals surface area contributed by atoms with Crippen molar-refractivity contribution in [1.29, 1.82) is 0 Å². The molecule has 4 aromatic carbocycles. The maximum atomic E-state index is 15.3. The lowest BCUT2D eigenvalue weighted by molar-refractivity contribution is -0.125. The quantitative estimate of drug-likeness (QED) is 0.0630. The van der Waals surface area contributed by atoms with Gasteiger partial charge in [0.15, 0.2) is 23.3 Å². The highest BCUT2D eigenvalue weighted by Gasteiger charge is 2.30. The summed E-state index contributed by atoms with van der Waals surface area (Å²) in [5.41, 5.74) is 5.08. The van der Waals surface area contributed by atoms with Gasteiger partial charge in [-0.1, -0.05) is 24.3 Å². The summed E-state index contributed by atoms with van der Waals surface area (Å²) in [5, 5.41) is 35.5. The third kappa shape index (κ3) is 8.98. The second kappa shape index (κ2) is 16.4. The number of anilines is 4. The molecule has 0 aliphatic rings. The Morgan fingerprint density at radius 3 is 2.11 bits per heavy atom. The lowest BCUT2D eigenvalue weighted by Gasteiger charge is -2.16. The fourth-order valence-corrected chi connectivity index (χ4v) is 6.92. The normalized spacial score (nSPS) is 12.1. The number of nitrogens with one attached hydrogen (secondary N) is 6. The number of aryl methyl sites for hydroxylation is 3. The van der Waals surface area contributed by atoms with Crippen LogP contribution < -0.4 is 21.3 Å². The van der Waals surface area contributed by atoms with Crippen molar-refractivity contribution in [2.24, 2.45) is 14.1 Å². The van der Waals surface area contributed by atoms with Gasteiger partial charge in [-0.25, -0.2) is 18.1 Å². The molecule has 326 valence electrons. The van der Waals surface area contributed by atoms with Gasteiger partial charge in [0.1, 0.15) is 6.54 Å². The van der Waals surface area contributed by atoms with Gasteiger partial charge in [-0.3, -0.25) is 15.0 Å². The van der Waals surface area contributed by atoms with Gasteiger partial charge in [0.2, 0.25) is 11.9 Å². The van der Waals surface area contributed by atoms with Crippen molar-refractivity contribution in [2.45, 2.75) is 32.2 Å². The summed E-state index contributed by atoms with van der Waals surface area (Å²) in [7, 11) is 3.24. The Hall–Kier alpha value is -7.43. The van der Waals surface area contributed by atoms with E-state index < -0.39 is 54.1 Å². The lowest BCUT2D eigenvalue weighted by Crippen LogP contribution is -2.34. The average molecular weight is 879 g/mol. The lowest BCUT2D eigenvalue weighted by atomic mass is 9.96. The molecule has 0 saturated heterocycles. The van der Waals surface area contributed by atoms with E-state index in [4.69, 9.17) is 4.98 Å². The zero-order chi connectivity index (χ0) is 44.8. The molecule has 0 spiro atoms. The van der Waals surface area contributed by atoms with Crippen molar-refractivity contribution in [3.63, 3.8) is 0 Å². The van der Waals surface area contributed by atoms with E-state index in [0.717, 1.165) is 50.6 Å². The highest BCUT2D eigenvalue weighted by atomic mass is 19.4. The van der Waals surface area contributed by atoms with E-state index in [1.54, 1.807) is 48.4 Å². The molecule has 0 atom stereocenters. The van der Waals surface area contributed by atoms with E-state index in [9.17, 15) is 31.1 Å². The minimum absolute atomic E-state index is 0.0387. The number of amides is 1. The van der Waals surface area contributed by atoms with Gasteiger partial charge < -0.3 is 21.3 Å². The van der Waals surface area contributed by atoms with Crippen LogP contribution in [0.15, 0.2) is 67.0 Å². The fraction of sp³-hybridized carbons (Fsp3) is 0.225. The SMILES string of the molecule is Cc1c(Nc2nc(-c3ccc(C(=O)NCC(F)(F)F)c(F)c3F)nn2C)cc(Cc2c(Nc3nc(-c4ccc(CNCC(F)(F)F)cc4)nn3C)ccc3[nH]ncc23)c2[nH]ncc12. The zero-order valence-corrected chi connectivity index (χ0v) is 33.2. The monoisotopic (exact) mass is 878 g/mol. The molecule has 0 bridgehead atoms. The van der Waals surface area contributed by atoms with E-state index in [0.29, 0.717) is 40.7 Å². The summed E-state index contributed by atoms with van der Waals surface area (Å²) in [6.07, 6.45) is -5.38. The Morgan fingerprint density at radius 1 is 0.746 bits per heavy atom. The summed E-state index contributed by atoms with van der Waals surface area (Å²) in [6, 6.07) is 14.4. The molecule has 0 radical (unpaired) electrons. The molecule has 8 rings (SSSR count). The first-order valence-corrected chi connectivity index (χ1v) is 18.9. The largest absolute Gasteiger partial charge is 0.405 e. The van der Waals surface area contributed by atoms with Gasteiger partial charge in [-0.05, 0) is 59.5 Å². The number of carbonyl (C=O) groups excluding carboxylic acids is 1. The first kappa shape index (κ1) is 42.3. The molecule has 0 unspecified atom stereocenters. The topological polar surface area (TPSA) is 184 Å². The molecule has 0 saturated carbocycles.